The molecule has 0 radical (unpaired) electrons. The Morgan fingerprint density at radius 2 is 0.646 bits per heavy atom. The van der Waals surface area contributed by atoms with Gasteiger partial charge in [0.2, 0.25) is 0 Å². The molecule has 12 nitrogen and oxygen atoms in total. The van der Waals surface area contributed by atoms with E-state index in [0.717, 1.165) is 96.3 Å². The number of ether oxygens (including phenoxy) is 9. The first-order valence-electron chi connectivity index (χ1n) is 18.0. The molecule has 0 saturated carbocycles. The smallest absolute Gasteiger partial charge is 0.306 e. The molecule has 0 aliphatic carbocycles. The molecule has 0 aliphatic heterocycles. The van der Waals surface area contributed by atoms with Gasteiger partial charge in [0.25, 0.3) is 0 Å². The predicted octanol–water partition coefficient (Wildman–Crippen LogP) is 7.03. The molecule has 0 fully saturated rings. The Balaban J connectivity index is 4.49. The summed E-state index contributed by atoms with van der Waals surface area (Å²) in [5, 5.41) is 0. The number of unbranched alkanes of at least 4 members (excludes halogenated alkanes) is 12. The molecule has 0 amide bonds. The Bertz CT molecular complexity index is 711. The van der Waals surface area contributed by atoms with Gasteiger partial charge in [0.1, 0.15) is 13.2 Å². The van der Waals surface area contributed by atoms with Gasteiger partial charge in [-0.05, 0) is 57.8 Å². The van der Waals surface area contributed by atoms with Gasteiger partial charge in [0, 0.05) is 61.9 Å². The van der Waals surface area contributed by atoms with Crippen LogP contribution in [-0.4, -0.2) is 98.8 Å². The second kappa shape index (κ2) is 33.7. The van der Waals surface area contributed by atoms with E-state index >= 15 is 0 Å². The maximum Gasteiger partial charge on any atom is 0.306 e. The molecule has 12 heteroatoms. The lowest BCUT2D eigenvalue weighted by atomic mass is 10.1. The molecule has 0 aromatic carbocycles. The Morgan fingerprint density at radius 3 is 0.958 bits per heavy atom. The Morgan fingerprint density at radius 1 is 0.375 bits per heavy atom. The molecule has 0 aromatic heterocycles. The highest BCUT2D eigenvalue weighted by atomic mass is 16.7. The zero-order chi connectivity index (χ0) is 35.7. The van der Waals surface area contributed by atoms with Crippen molar-refractivity contribution in [2.75, 3.05) is 55.9 Å². The largest absolute Gasteiger partial charge is 0.462 e. The minimum Gasteiger partial charge on any atom is -0.462 e. The lowest BCUT2D eigenvalue weighted by Crippen LogP contribution is -2.30. The van der Waals surface area contributed by atoms with Gasteiger partial charge in [-0.25, -0.2) is 0 Å². The van der Waals surface area contributed by atoms with Gasteiger partial charge >= 0.3 is 17.9 Å². The lowest BCUT2D eigenvalue weighted by Gasteiger charge is -2.18. The number of carbonyl (C=O) groups is 3. The predicted molar refractivity (Wildman–Crippen MR) is 182 cm³/mol. The van der Waals surface area contributed by atoms with Gasteiger partial charge in [0.15, 0.2) is 25.0 Å². The Kier molecular flexibility index (Phi) is 32.4. The van der Waals surface area contributed by atoms with Crippen LogP contribution in [0.1, 0.15) is 135 Å². The van der Waals surface area contributed by atoms with Crippen LogP contribution in [0.5, 0.6) is 0 Å². The summed E-state index contributed by atoms with van der Waals surface area (Å²) in [7, 11) is 9.80. The Labute approximate surface area is 290 Å². The van der Waals surface area contributed by atoms with E-state index in [0.29, 0.717) is 19.3 Å². The molecule has 0 aromatic rings. The van der Waals surface area contributed by atoms with Gasteiger partial charge in [-0.15, -0.1) is 0 Å². The van der Waals surface area contributed by atoms with Gasteiger partial charge < -0.3 is 42.6 Å². The number of carbonyl (C=O) groups excluding carboxylic acids is 3. The second-order valence-electron chi connectivity index (χ2n) is 12.1. The van der Waals surface area contributed by atoms with E-state index in [4.69, 9.17) is 42.6 Å². The monoisotopic (exact) mass is 692 g/mol. The summed E-state index contributed by atoms with van der Waals surface area (Å²) in [5.41, 5.74) is 0. The normalized spacial score (nSPS) is 11.6. The van der Waals surface area contributed by atoms with Crippen LogP contribution >= 0.6 is 0 Å². The molecule has 0 saturated heterocycles. The van der Waals surface area contributed by atoms with Crippen molar-refractivity contribution in [1.29, 1.82) is 0 Å². The highest BCUT2D eigenvalue weighted by Crippen LogP contribution is 2.14. The van der Waals surface area contributed by atoms with E-state index in [1.165, 1.54) is 0 Å². The molecular weight excluding hydrogens is 624 g/mol. The van der Waals surface area contributed by atoms with Crippen LogP contribution < -0.4 is 0 Å². The van der Waals surface area contributed by atoms with E-state index in [2.05, 4.69) is 0 Å². The fourth-order valence-corrected chi connectivity index (χ4v) is 5.20. The Hall–Kier alpha value is -1.83. The summed E-state index contributed by atoms with van der Waals surface area (Å²) in [5.74, 6) is -1.10. The molecule has 0 bridgehead atoms. The van der Waals surface area contributed by atoms with Gasteiger partial charge in [-0.1, -0.05) is 57.8 Å². The zero-order valence-electron chi connectivity index (χ0n) is 31.0. The van der Waals surface area contributed by atoms with Crippen LogP contribution in [-0.2, 0) is 57.0 Å². The SMILES string of the molecule is COC(CCCCCCCC(=O)OCC(COC(=O)CCCCCCCC(OC)OC)OC(=O)CCCCCCCC(OC)OC)OC. The average Bonchev–Trinajstić information content (AvgIpc) is 3.09. The highest BCUT2D eigenvalue weighted by Gasteiger charge is 2.19. The van der Waals surface area contributed by atoms with E-state index in [9.17, 15) is 14.4 Å². The third-order valence-corrected chi connectivity index (χ3v) is 8.20. The number of hydrogen-bond acceptors (Lipinski definition) is 12. The average molecular weight is 693 g/mol. The molecule has 284 valence electrons. The standard InChI is InChI=1S/C36H68O12/c1-40-34(41-2)25-19-13-7-10-16-22-31(37)46-28-30(48-33(39)24-18-12-9-15-21-27-36(44-5)45-6)29-47-32(38)23-17-11-8-14-20-26-35(42-3)43-4/h30,34-36H,7-29H2,1-6H3. The number of rotatable bonds is 35. The first kappa shape index (κ1) is 46.2. The van der Waals surface area contributed by atoms with Crippen LogP contribution in [0.25, 0.3) is 0 Å². The van der Waals surface area contributed by atoms with E-state index in [-0.39, 0.29) is 69.3 Å². The first-order valence-corrected chi connectivity index (χ1v) is 18.0. The quantitative estimate of drug-likeness (QED) is 0.0292. The maximum atomic E-state index is 12.6. The topological polar surface area (TPSA) is 134 Å². The molecule has 0 aliphatic rings. The van der Waals surface area contributed by atoms with Crippen molar-refractivity contribution in [3.05, 3.63) is 0 Å². The summed E-state index contributed by atoms with van der Waals surface area (Å²) in [6.07, 6.45) is 15.9. The third-order valence-electron chi connectivity index (χ3n) is 8.20. The zero-order valence-corrected chi connectivity index (χ0v) is 31.0. The van der Waals surface area contributed by atoms with Gasteiger partial charge in [0.05, 0.1) is 0 Å². The summed E-state index contributed by atoms with van der Waals surface area (Å²) >= 11 is 0. The molecule has 0 unspecified atom stereocenters. The molecule has 0 rings (SSSR count). The second-order valence-corrected chi connectivity index (χ2v) is 12.1. The number of methoxy groups -OCH3 is 6. The molecule has 0 spiro atoms. The van der Waals surface area contributed by atoms with Crippen LogP contribution in [0.15, 0.2) is 0 Å². The lowest BCUT2D eigenvalue weighted by molar-refractivity contribution is -0.167. The van der Waals surface area contributed by atoms with Crippen LogP contribution in [0, 0.1) is 0 Å². The summed E-state index contributed by atoms with van der Waals surface area (Å²) in [4.78, 5) is 37.4. The number of hydrogen-bond donors (Lipinski definition) is 0. The fourth-order valence-electron chi connectivity index (χ4n) is 5.20. The molecular formula is C36H68O12. The van der Waals surface area contributed by atoms with Crippen LogP contribution in [0.4, 0.5) is 0 Å². The molecule has 0 atom stereocenters. The summed E-state index contributed by atoms with van der Waals surface area (Å²) in [6, 6.07) is 0. The van der Waals surface area contributed by atoms with E-state index in [1.807, 2.05) is 0 Å². The fraction of sp³-hybridized carbons (Fsp3) is 0.917. The van der Waals surface area contributed by atoms with Crippen molar-refractivity contribution >= 4 is 17.9 Å². The van der Waals surface area contributed by atoms with Crippen molar-refractivity contribution < 1.29 is 57.0 Å². The minimum absolute atomic E-state index is 0.141. The molecule has 48 heavy (non-hydrogen) atoms. The summed E-state index contributed by atoms with van der Waals surface area (Å²) < 4.78 is 47.6. The highest BCUT2D eigenvalue weighted by molar-refractivity contribution is 5.71. The van der Waals surface area contributed by atoms with E-state index in [1.54, 1.807) is 42.7 Å². The van der Waals surface area contributed by atoms with Gasteiger partial charge in [-0.3, -0.25) is 14.4 Å². The molecule has 0 heterocycles. The van der Waals surface area contributed by atoms with Gasteiger partial charge in [-0.2, -0.15) is 0 Å². The van der Waals surface area contributed by atoms with Crippen LogP contribution in [0.2, 0.25) is 0 Å². The van der Waals surface area contributed by atoms with Crippen molar-refractivity contribution in [3.63, 3.8) is 0 Å². The van der Waals surface area contributed by atoms with Crippen molar-refractivity contribution in [2.24, 2.45) is 0 Å². The molecule has 0 N–H and O–H groups in total. The van der Waals surface area contributed by atoms with Crippen molar-refractivity contribution in [1.82, 2.24) is 0 Å². The third kappa shape index (κ3) is 28.1. The van der Waals surface area contributed by atoms with E-state index < -0.39 is 6.10 Å². The van der Waals surface area contributed by atoms with Crippen molar-refractivity contribution in [3.8, 4) is 0 Å². The minimum atomic E-state index is -0.838. The first-order chi connectivity index (χ1) is 23.3. The summed E-state index contributed by atoms with van der Waals surface area (Å²) in [6.45, 7) is -0.283. The number of esters is 3. The maximum absolute atomic E-state index is 12.6. The van der Waals surface area contributed by atoms with Crippen LogP contribution in [0.3, 0.4) is 0 Å². The van der Waals surface area contributed by atoms with Crippen molar-refractivity contribution in [2.45, 2.75) is 160 Å².